The minimum absolute atomic E-state index is 0.542. The van der Waals surface area contributed by atoms with Crippen LogP contribution < -0.4 is 5.32 Å². The lowest BCUT2D eigenvalue weighted by Crippen LogP contribution is -2.43. The van der Waals surface area contributed by atoms with Crippen LogP contribution in [0.4, 0.5) is 0 Å². The first-order valence-corrected chi connectivity index (χ1v) is 3.11. The van der Waals surface area contributed by atoms with Gasteiger partial charge in [0.1, 0.15) is 0 Å². The number of esters is 1. The van der Waals surface area contributed by atoms with Crippen molar-refractivity contribution in [2.45, 2.75) is 6.04 Å². The summed E-state index contributed by atoms with van der Waals surface area (Å²) in [6.45, 7) is -0.542. The number of methoxy groups -OCH3 is 1. The molecular formula is C7H9NO4. The Morgan fingerprint density at radius 2 is 2.33 bits per heavy atom. The van der Waals surface area contributed by atoms with Crippen molar-refractivity contribution in [2.24, 2.45) is 0 Å². The van der Waals surface area contributed by atoms with Gasteiger partial charge in [-0.2, -0.15) is 0 Å². The molecule has 1 amide bonds. The fourth-order valence-corrected chi connectivity index (χ4v) is 0.521. The topological polar surface area (TPSA) is 75.6 Å². The van der Waals surface area contributed by atoms with Gasteiger partial charge < -0.3 is 15.2 Å². The summed E-state index contributed by atoms with van der Waals surface area (Å²) in [5.74, 6) is 0.240. The Bertz CT molecular complexity index is 218. The molecule has 0 spiro atoms. The van der Waals surface area contributed by atoms with E-state index in [1.165, 1.54) is 0 Å². The highest BCUT2D eigenvalue weighted by Crippen LogP contribution is 1.85. The monoisotopic (exact) mass is 171 g/mol. The maximum atomic E-state index is 10.7. The zero-order valence-corrected chi connectivity index (χ0v) is 6.53. The molecule has 0 fully saturated rings. The van der Waals surface area contributed by atoms with Crippen molar-refractivity contribution in [1.82, 2.24) is 5.32 Å². The summed E-state index contributed by atoms with van der Waals surface area (Å²) in [4.78, 5) is 21.3. The van der Waals surface area contributed by atoms with E-state index in [4.69, 9.17) is 11.5 Å². The predicted molar refractivity (Wildman–Crippen MR) is 39.9 cm³/mol. The summed E-state index contributed by atoms with van der Waals surface area (Å²) < 4.78 is 4.27. The zero-order chi connectivity index (χ0) is 9.56. The van der Waals surface area contributed by atoms with Gasteiger partial charge in [0.15, 0.2) is 6.04 Å². The van der Waals surface area contributed by atoms with Crippen LogP contribution in [0, 0.1) is 12.3 Å². The molecule has 66 valence electrons. The quantitative estimate of drug-likeness (QED) is 0.391. The van der Waals surface area contributed by atoms with Gasteiger partial charge in [-0.1, -0.05) is 0 Å². The van der Waals surface area contributed by atoms with Crippen molar-refractivity contribution in [1.29, 1.82) is 0 Å². The molecule has 0 saturated heterocycles. The smallest absolute Gasteiger partial charge is 0.330 e. The van der Waals surface area contributed by atoms with Gasteiger partial charge in [-0.05, 0) is 5.92 Å². The molecule has 5 nitrogen and oxygen atoms in total. The Balaban J connectivity index is 4.10. The van der Waals surface area contributed by atoms with E-state index in [2.05, 4.69) is 10.1 Å². The number of ether oxygens (including phenoxy) is 1. The third-order valence-electron chi connectivity index (χ3n) is 1.10. The second kappa shape index (κ2) is 5.16. The molecule has 0 aliphatic rings. The second-order valence-corrected chi connectivity index (χ2v) is 1.88. The molecule has 0 saturated carbocycles. The van der Waals surface area contributed by atoms with Crippen molar-refractivity contribution >= 4 is 11.9 Å². The molecule has 0 aromatic carbocycles. The molecule has 2 N–H and O–H groups in total. The molecule has 0 aromatic rings. The highest BCUT2D eigenvalue weighted by atomic mass is 16.5. The molecule has 12 heavy (non-hydrogen) atoms. The third-order valence-corrected chi connectivity index (χ3v) is 1.10. The molecule has 0 bridgehead atoms. The first-order valence-electron chi connectivity index (χ1n) is 3.11. The summed E-state index contributed by atoms with van der Waals surface area (Å²) in [7, 11) is 1.15. The van der Waals surface area contributed by atoms with Gasteiger partial charge in [0.2, 0.25) is 0 Å². The minimum atomic E-state index is -1.08. The summed E-state index contributed by atoms with van der Waals surface area (Å²) >= 11 is 0. The first-order chi connectivity index (χ1) is 5.65. The number of carbonyl (C=O) groups is 2. The molecule has 1 atom stereocenters. The lowest BCUT2D eigenvalue weighted by Gasteiger charge is -2.10. The number of hydrogen-bond acceptors (Lipinski definition) is 4. The number of rotatable bonds is 3. The van der Waals surface area contributed by atoms with Gasteiger partial charge in [-0.25, -0.2) is 4.79 Å². The molecule has 0 aromatic heterocycles. The third kappa shape index (κ3) is 3.03. The van der Waals surface area contributed by atoms with E-state index in [-0.39, 0.29) is 0 Å². The molecule has 0 heterocycles. The van der Waals surface area contributed by atoms with Gasteiger partial charge in [0.25, 0.3) is 5.91 Å². The van der Waals surface area contributed by atoms with Crippen LogP contribution in [0.25, 0.3) is 0 Å². The van der Waals surface area contributed by atoms with Crippen LogP contribution in [-0.4, -0.2) is 36.7 Å². The number of hydrogen-bond donors (Lipinski definition) is 2. The summed E-state index contributed by atoms with van der Waals surface area (Å²) in [5.41, 5.74) is 0. The highest BCUT2D eigenvalue weighted by Gasteiger charge is 2.18. The van der Waals surface area contributed by atoms with Gasteiger partial charge in [0.05, 0.1) is 13.7 Å². The normalized spacial score (nSPS) is 11.1. The van der Waals surface area contributed by atoms with Crippen molar-refractivity contribution in [3.63, 3.8) is 0 Å². The molecule has 0 rings (SSSR count). The Labute approximate surface area is 69.7 Å². The molecule has 0 radical (unpaired) electrons. The van der Waals surface area contributed by atoms with E-state index in [1.54, 1.807) is 5.92 Å². The van der Waals surface area contributed by atoms with Crippen LogP contribution in [0.15, 0.2) is 0 Å². The van der Waals surface area contributed by atoms with Crippen LogP contribution in [-0.2, 0) is 14.3 Å². The van der Waals surface area contributed by atoms with Crippen LogP contribution >= 0.6 is 0 Å². The molecule has 5 heteroatoms. The standard InChI is InChI=1S/C7H9NO4/c1-3-6(10)8-5(4-9)7(11)12-2/h1,5,9H,4H2,2H3,(H,8,10). The summed E-state index contributed by atoms with van der Waals surface area (Å²) in [6.07, 6.45) is 4.72. The van der Waals surface area contributed by atoms with Crippen molar-refractivity contribution in [3.05, 3.63) is 0 Å². The average molecular weight is 171 g/mol. The van der Waals surface area contributed by atoms with Gasteiger partial charge in [0, 0.05) is 0 Å². The van der Waals surface area contributed by atoms with E-state index in [0.29, 0.717) is 0 Å². The van der Waals surface area contributed by atoms with Gasteiger partial charge in [-0.3, -0.25) is 4.79 Å². The van der Waals surface area contributed by atoms with E-state index >= 15 is 0 Å². The molecule has 1 unspecified atom stereocenters. The van der Waals surface area contributed by atoms with Gasteiger partial charge >= 0.3 is 5.97 Å². The van der Waals surface area contributed by atoms with E-state index < -0.39 is 24.5 Å². The molecular weight excluding hydrogens is 162 g/mol. The Morgan fingerprint density at radius 3 is 2.67 bits per heavy atom. The van der Waals surface area contributed by atoms with Crippen LogP contribution in [0.2, 0.25) is 0 Å². The molecule has 0 aliphatic carbocycles. The average Bonchev–Trinajstić information content (AvgIpc) is 2.12. The molecule has 0 aliphatic heterocycles. The van der Waals surface area contributed by atoms with Crippen molar-refractivity contribution in [3.8, 4) is 12.3 Å². The van der Waals surface area contributed by atoms with Crippen molar-refractivity contribution < 1.29 is 19.4 Å². The van der Waals surface area contributed by atoms with E-state index in [0.717, 1.165) is 7.11 Å². The largest absolute Gasteiger partial charge is 0.467 e. The fraction of sp³-hybridized carbons (Fsp3) is 0.429. The fourth-order valence-electron chi connectivity index (χ4n) is 0.521. The number of aliphatic hydroxyl groups excluding tert-OH is 1. The Kier molecular flexibility index (Phi) is 4.49. The second-order valence-electron chi connectivity index (χ2n) is 1.88. The highest BCUT2D eigenvalue weighted by molar-refractivity contribution is 5.95. The number of amides is 1. The Morgan fingerprint density at radius 1 is 1.75 bits per heavy atom. The van der Waals surface area contributed by atoms with E-state index in [1.807, 2.05) is 0 Å². The maximum absolute atomic E-state index is 10.7. The number of aliphatic hydroxyl groups is 1. The Hall–Kier alpha value is -1.54. The van der Waals surface area contributed by atoms with E-state index in [9.17, 15) is 9.59 Å². The minimum Gasteiger partial charge on any atom is -0.467 e. The van der Waals surface area contributed by atoms with Crippen molar-refractivity contribution in [2.75, 3.05) is 13.7 Å². The van der Waals surface area contributed by atoms with Crippen LogP contribution in [0.3, 0.4) is 0 Å². The number of nitrogens with one attached hydrogen (secondary N) is 1. The SMILES string of the molecule is C#CC(=O)NC(CO)C(=O)OC. The zero-order valence-electron chi connectivity index (χ0n) is 6.53. The summed E-state index contributed by atoms with van der Waals surface area (Å²) in [5, 5.41) is 10.7. The van der Waals surface area contributed by atoms with Gasteiger partial charge in [-0.15, -0.1) is 6.42 Å². The number of terminal acetylenes is 1. The number of carbonyl (C=O) groups excluding carboxylic acids is 2. The first kappa shape index (κ1) is 10.5. The van der Waals surface area contributed by atoms with Crippen LogP contribution in [0.1, 0.15) is 0 Å². The lowest BCUT2D eigenvalue weighted by molar-refractivity contribution is -0.145. The lowest BCUT2D eigenvalue weighted by atomic mass is 10.3. The van der Waals surface area contributed by atoms with Crippen LogP contribution in [0.5, 0.6) is 0 Å². The predicted octanol–water partition coefficient (Wildman–Crippen LogP) is -1.73. The summed E-state index contributed by atoms with van der Waals surface area (Å²) in [6, 6.07) is -1.08. The maximum Gasteiger partial charge on any atom is 0.330 e.